The van der Waals surface area contributed by atoms with E-state index in [1.165, 1.54) is 11.2 Å². The van der Waals surface area contributed by atoms with Gasteiger partial charge in [-0.25, -0.2) is 14.6 Å². The molecule has 3 N–H and O–H groups in total. The number of nitrogens with two attached hydrogens (primary N) is 1. The summed E-state index contributed by atoms with van der Waals surface area (Å²) in [4.78, 5) is 41.0. The minimum absolute atomic E-state index is 0.206. The Morgan fingerprint density at radius 1 is 1.13 bits per heavy atom. The van der Waals surface area contributed by atoms with Crippen molar-refractivity contribution >= 4 is 63.8 Å². The number of nitrogens with one attached hydrogen (secondary N) is 1. The number of anilines is 2. The first-order chi connectivity index (χ1) is 22.4. The molecule has 6 rings (SSSR count). The van der Waals surface area contributed by atoms with E-state index in [0.29, 0.717) is 47.4 Å². The number of aromatic nitrogens is 4. The maximum atomic E-state index is 13.9. The van der Waals surface area contributed by atoms with Gasteiger partial charge in [0, 0.05) is 33.7 Å². The van der Waals surface area contributed by atoms with Crippen molar-refractivity contribution in [3.63, 3.8) is 0 Å². The molecule has 13 heteroatoms. The number of carbonyl (C=O) groups excluding carboxylic acids is 2. The number of nitrogens with zero attached hydrogens (tertiary/aromatic N) is 6. The van der Waals surface area contributed by atoms with Gasteiger partial charge in [-0.2, -0.15) is 5.10 Å². The summed E-state index contributed by atoms with van der Waals surface area (Å²) in [7, 11) is 0.932. The monoisotopic (exact) mass is 676 g/mol. The fraction of sp³-hybridized carbons (Fsp3) is 0.559. The zero-order chi connectivity index (χ0) is 33.5. The Morgan fingerprint density at radius 3 is 2.70 bits per heavy atom. The van der Waals surface area contributed by atoms with Gasteiger partial charge in [-0.3, -0.25) is 9.59 Å². The molecule has 0 aliphatic carbocycles. The summed E-state index contributed by atoms with van der Waals surface area (Å²) in [5.41, 5.74) is 9.10. The average Bonchev–Trinajstić information content (AvgIpc) is 3.64. The maximum absolute atomic E-state index is 13.9. The largest absolute Gasteiger partial charge is 0.383 e. The van der Waals surface area contributed by atoms with Crippen molar-refractivity contribution in [3.8, 4) is 0 Å². The Labute approximate surface area is 281 Å². The van der Waals surface area contributed by atoms with Crippen LogP contribution in [0.2, 0.25) is 25.7 Å². The highest BCUT2D eigenvalue weighted by Crippen LogP contribution is 2.39. The summed E-state index contributed by atoms with van der Waals surface area (Å²) in [6.07, 6.45) is 5.97. The van der Waals surface area contributed by atoms with E-state index < -0.39 is 19.9 Å². The van der Waals surface area contributed by atoms with E-state index >= 15 is 0 Å². The quantitative estimate of drug-likeness (QED) is 0.133. The van der Waals surface area contributed by atoms with Gasteiger partial charge in [-0.1, -0.05) is 39.6 Å². The van der Waals surface area contributed by atoms with Crippen molar-refractivity contribution < 1.29 is 14.3 Å². The number of likely N-dealkylation sites (tertiary alicyclic amines) is 2. The molecule has 2 aliphatic heterocycles. The molecule has 2 aliphatic rings. The summed E-state index contributed by atoms with van der Waals surface area (Å²) >= 11 is 1.79. The highest BCUT2D eigenvalue weighted by atomic mass is 32.1. The molecule has 11 nitrogen and oxygen atoms in total. The molecule has 0 spiro atoms. The smallest absolute Gasteiger partial charge is 0.314 e. The molecule has 2 fully saturated rings. The summed E-state index contributed by atoms with van der Waals surface area (Å²) in [5, 5.41) is 9.09. The lowest BCUT2D eigenvalue weighted by Crippen LogP contribution is -2.46. The van der Waals surface area contributed by atoms with Gasteiger partial charge in [0.15, 0.2) is 0 Å². The van der Waals surface area contributed by atoms with Crippen molar-refractivity contribution in [2.24, 2.45) is 11.8 Å². The third-order valence-corrected chi connectivity index (χ3v) is 12.5. The molecule has 5 heterocycles. The third kappa shape index (κ3) is 7.37. The number of piperidine rings is 2. The Kier molecular flexibility index (Phi) is 9.70. The second-order valence-corrected chi connectivity index (χ2v) is 21.5. The van der Waals surface area contributed by atoms with Gasteiger partial charge in [0.1, 0.15) is 12.5 Å². The minimum Gasteiger partial charge on any atom is -0.383 e. The lowest BCUT2D eigenvalue weighted by Gasteiger charge is -2.38. The lowest BCUT2D eigenvalue weighted by molar-refractivity contribution is -0.146. The maximum Gasteiger partial charge on any atom is 0.314 e. The third-order valence-electron chi connectivity index (χ3n) is 9.67. The number of rotatable bonds is 8. The van der Waals surface area contributed by atoms with Crippen LogP contribution < -0.4 is 11.1 Å². The van der Waals surface area contributed by atoms with Crippen molar-refractivity contribution in [3.05, 3.63) is 41.2 Å². The molecule has 0 radical (unpaired) electrons. The highest BCUT2D eigenvalue weighted by Gasteiger charge is 2.35. The number of pyridine rings is 1. The molecule has 4 aromatic rings. The first-order valence-electron chi connectivity index (χ1n) is 16.8. The first kappa shape index (κ1) is 33.5. The van der Waals surface area contributed by atoms with Crippen LogP contribution in [-0.2, 0) is 21.1 Å². The molecule has 0 saturated carbocycles. The molecule has 0 bridgehead atoms. The molecular weight excluding hydrogens is 629 g/mol. The van der Waals surface area contributed by atoms with Crippen LogP contribution in [0.1, 0.15) is 55.6 Å². The number of hydrogen-bond donors (Lipinski definition) is 2. The summed E-state index contributed by atoms with van der Waals surface area (Å²) in [6, 6.07) is 7.18. The minimum atomic E-state index is -1.25. The predicted octanol–water partition coefficient (Wildman–Crippen LogP) is 5.93. The van der Waals surface area contributed by atoms with E-state index in [2.05, 4.69) is 79.0 Å². The zero-order valence-electron chi connectivity index (χ0n) is 28.5. The van der Waals surface area contributed by atoms with Gasteiger partial charge in [0.05, 0.1) is 50.3 Å². The van der Waals surface area contributed by atoms with Crippen molar-refractivity contribution in [2.75, 3.05) is 44.3 Å². The Hall–Kier alpha value is -3.39. The van der Waals surface area contributed by atoms with Gasteiger partial charge in [-0.15, -0.1) is 11.3 Å². The SMILES string of the molecule is CC1CN(C)CCC1c1nc2cc([C@H]3CC[C@H](C)CN3C(=O)C(=O)Nc3cnc(N)c4cnn(COCC[Si](C)(C)C)c34)ccc2s1. The van der Waals surface area contributed by atoms with Crippen LogP contribution in [0.25, 0.3) is 21.1 Å². The van der Waals surface area contributed by atoms with Crippen LogP contribution in [-0.4, -0.2) is 82.7 Å². The molecule has 2 amide bonds. The van der Waals surface area contributed by atoms with E-state index in [1.54, 1.807) is 27.1 Å². The van der Waals surface area contributed by atoms with Crippen LogP contribution in [0.5, 0.6) is 0 Å². The number of hydrogen-bond acceptors (Lipinski definition) is 9. The number of thiazole rings is 1. The molecule has 2 saturated heterocycles. The Morgan fingerprint density at radius 2 is 1.94 bits per heavy atom. The normalized spacial score (nSPS) is 22.6. The molecule has 3 aromatic heterocycles. The summed E-state index contributed by atoms with van der Waals surface area (Å²) < 4.78 is 8.76. The van der Waals surface area contributed by atoms with Crippen LogP contribution in [0, 0.1) is 11.8 Å². The Balaban J connectivity index is 1.21. The summed E-state index contributed by atoms with van der Waals surface area (Å²) in [5.74, 6) is 0.322. The van der Waals surface area contributed by atoms with Gasteiger partial charge < -0.3 is 25.6 Å². The van der Waals surface area contributed by atoms with Crippen LogP contribution in [0.4, 0.5) is 11.5 Å². The standard InChI is InChI=1S/C34H48N8O3SSi/c1-21-7-9-28(23-8-10-29-26(15-23)39-33(46-29)24-11-12-40(3)19-22(24)2)41(18-21)34(44)32(43)38-27-17-36-31(35)25-16-37-42(30(25)27)20-45-13-14-47(4,5)6/h8,10,15-17,21-22,24,28H,7,9,11-14,18-20H2,1-6H3,(H2,35,36)(H,38,43)/t21-,22?,24?,28+/m0/s1. The molecule has 47 heavy (non-hydrogen) atoms. The van der Waals surface area contributed by atoms with Crippen molar-refractivity contribution in [1.82, 2.24) is 29.5 Å². The van der Waals surface area contributed by atoms with E-state index in [9.17, 15) is 9.59 Å². The number of fused-ring (bicyclic) bond motifs is 2. The second kappa shape index (κ2) is 13.6. The van der Waals surface area contributed by atoms with E-state index in [0.717, 1.165) is 54.2 Å². The molecular formula is C34H48N8O3SSi. The van der Waals surface area contributed by atoms with E-state index in [4.69, 9.17) is 15.5 Å². The highest BCUT2D eigenvalue weighted by molar-refractivity contribution is 7.18. The van der Waals surface area contributed by atoms with Crippen molar-refractivity contribution in [2.45, 2.75) is 77.5 Å². The predicted molar refractivity (Wildman–Crippen MR) is 191 cm³/mol. The molecule has 252 valence electrons. The molecule has 2 unspecified atom stereocenters. The first-order valence-corrected chi connectivity index (χ1v) is 21.3. The van der Waals surface area contributed by atoms with Gasteiger partial charge in [0.25, 0.3) is 0 Å². The average molecular weight is 677 g/mol. The second-order valence-electron chi connectivity index (χ2n) is 14.8. The number of nitrogen functional groups attached to an aromatic ring is 1. The molecule has 4 atom stereocenters. The zero-order valence-corrected chi connectivity index (χ0v) is 30.3. The number of benzene rings is 1. The fourth-order valence-electron chi connectivity index (χ4n) is 6.92. The number of carbonyl (C=O) groups is 2. The van der Waals surface area contributed by atoms with Gasteiger partial charge in [0.2, 0.25) is 0 Å². The van der Waals surface area contributed by atoms with Gasteiger partial charge >= 0.3 is 11.8 Å². The van der Waals surface area contributed by atoms with Crippen LogP contribution >= 0.6 is 11.3 Å². The lowest BCUT2D eigenvalue weighted by atomic mass is 9.87. The summed E-state index contributed by atoms with van der Waals surface area (Å²) in [6.45, 7) is 14.8. The van der Waals surface area contributed by atoms with E-state index in [-0.39, 0.29) is 18.7 Å². The molecule has 1 aromatic carbocycles. The van der Waals surface area contributed by atoms with Gasteiger partial charge in [-0.05, 0) is 68.4 Å². The van der Waals surface area contributed by atoms with Crippen LogP contribution in [0.3, 0.4) is 0 Å². The fourth-order valence-corrected chi connectivity index (χ4v) is 8.89. The Bertz CT molecular complexity index is 1770. The van der Waals surface area contributed by atoms with Crippen molar-refractivity contribution in [1.29, 1.82) is 0 Å². The van der Waals surface area contributed by atoms with E-state index in [1.807, 2.05) is 0 Å². The topological polar surface area (TPSA) is 132 Å². The number of ether oxygens (including phenoxy) is 1. The number of amides is 2. The van der Waals surface area contributed by atoms with Crippen LogP contribution in [0.15, 0.2) is 30.6 Å².